The SMILES string of the molecule is CC1(C)COC(=O)N[C@@H]1c1c(F)cc(F)cc1F.Cl. The Morgan fingerprint density at radius 3 is 2.32 bits per heavy atom. The molecular weight excluding hydrogens is 283 g/mol. The average Bonchev–Trinajstić information content (AvgIpc) is 2.22. The first-order chi connectivity index (χ1) is 8.31. The Morgan fingerprint density at radius 2 is 1.79 bits per heavy atom. The lowest BCUT2D eigenvalue weighted by Gasteiger charge is -2.38. The van der Waals surface area contributed by atoms with Gasteiger partial charge in [-0.05, 0) is 0 Å². The Labute approximate surface area is 114 Å². The zero-order valence-corrected chi connectivity index (χ0v) is 11.1. The summed E-state index contributed by atoms with van der Waals surface area (Å²) in [6.45, 7) is 3.42. The molecule has 2 rings (SSSR count). The van der Waals surface area contributed by atoms with Crippen molar-refractivity contribution in [2.75, 3.05) is 6.61 Å². The summed E-state index contributed by atoms with van der Waals surface area (Å²) in [5.41, 5.74) is -1.05. The summed E-state index contributed by atoms with van der Waals surface area (Å²) >= 11 is 0. The molecule has 1 fully saturated rings. The first kappa shape index (κ1) is 15.6. The van der Waals surface area contributed by atoms with Crippen molar-refractivity contribution < 1.29 is 22.7 Å². The van der Waals surface area contributed by atoms with Crippen LogP contribution in [0.15, 0.2) is 12.1 Å². The van der Waals surface area contributed by atoms with Crippen molar-refractivity contribution >= 4 is 18.5 Å². The third-order valence-corrected chi connectivity index (χ3v) is 2.95. The lowest BCUT2D eigenvalue weighted by Crippen LogP contribution is -2.47. The van der Waals surface area contributed by atoms with Crippen molar-refractivity contribution in [1.82, 2.24) is 5.32 Å². The largest absolute Gasteiger partial charge is 0.449 e. The Kier molecular flexibility index (Phi) is 4.35. The van der Waals surface area contributed by atoms with Crippen LogP contribution < -0.4 is 5.32 Å². The van der Waals surface area contributed by atoms with Crippen LogP contribution in [0, 0.1) is 22.9 Å². The van der Waals surface area contributed by atoms with Crippen molar-refractivity contribution in [3.63, 3.8) is 0 Å². The third-order valence-electron chi connectivity index (χ3n) is 2.95. The van der Waals surface area contributed by atoms with Gasteiger partial charge >= 0.3 is 6.09 Å². The molecule has 0 spiro atoms. The van der Waals surface area contributed by atoms with Gasteiger partial charge in [-0.1, -0.05) is 13.8 Å². The van der Waals surface area contributed by atoms with Gasteiger partial charge in [-0.25, -0.2) is 18.0 Å². The van der Waals surface area contributed by atoms with E-state index in [1.165, 1.54) is 0 Å². The summed E-state index contributed by atoms with van der Waals surface area (Å²) in [5, 5.41) is 2.36. The van der Waals surface area contributed by atoms with E-state index in [1.807, 2.05) is 0 Å². The van der Waals surface area contributed by atoms with Gasteiger partial charge in [0.05, 0.1) is 6.04 Å². The molecule has 0 radical (unpaired) electrons. The maximum atomic E-state index is 13.7. The number of halogens is 4. The maximum absolute atomic E-state index is 13.7. The van der Waals surface area contributed by atoms with Gasteiger partial charge in [0.25, 0.3) is 0 Å². The molecule has 19 heavy (non-hydrogen) atoms. The van der Waals surface area contributed by atoms with E-state index < -0.39 is 35.0 Å². The molecule has 1 aliphatic rings. The Morgan fingerprint density at radius 1 is 1.26 bits per heavy atom. The summed E-state index contributed by atoms with van der Waals surface area (Å²) in [5.74, 6) is -3.04. The number of hydrogen-bond donors (Lipinski definition) is 1. The van der Waals surface area contributed by atoms with Crippen LogP contribution in [0.4, 0.5) is 18.0 Å². The van der Waals surface area contributed by atoms with E-state index in [4.69, 9.17) is 4.74 Å². The van der Waals surface area contributed by atoms with Gasteiger partial charge in [0, 0.05) is 23.1 Å². The highest BCUT2D eigenvalue weighted by Gasteiger charge is 2.40. The highest BCUT2D eigenvalue weighted by Crippen LogP contribution is 2.38. The van der Waals surface area contributed by atoms with Crippen LogP contribution in [0.25, 0.3) is 0 Å². The number of amides is 1. The van der Waals surface area contributed by atoms with Crippen LogP contribution >= 0.6 is 12.4 Å². The molecule has 1 saturated heterocycles. The fourth-order valence-electron chi connectivity index (χ4n) is 1.98. The maximum Gasteiger partial charge on any atom is 0.407 e. The number of benzene rings is 1. The number of rotatable bonds is 1. The lowest BCUT2D eigenvalue weighted by molar-refractivity contribution is 0.0367. The molecule has 1 atom stereocenters. The zero-order chi connectivity index (χ0) is 13.5. The van der Waals surface area contributed by atoms with Gasteiger partial charge in [0.15, 0.2) is 0 Å². The molecule has 0 unspecified atom stereocenters. The number of ether oxygens (including phenoxy) is 1. The predicted octanol–water partition coefficient (Wildman–Crippen LogP) is 3.33. The molecule has 0 aromatic heterocycles. The highest BCUT2D eigenvalue weighted by atomic mass is 35.5. The molecule has 1 heterocycles. The van der Waals surface area contributed by atoms with E-state index in [9.17, 15) is 18.0 Å². The molecule has 0 aliphatic carbocycles. The summed E-state index contributed by atoms with van der Waals surface area (Å²) in [6.07, 6.45) is -0.748. The van der Waals surface area contributed by atoms with E-state index in [0.717, 1.165) is 0 Å². The molecule has 7 heteroatoms. The second kappa shape index (κ2) is 5.28. The first-order valence-corrected chi connectivity index (χ1v) is 5.39. The second-order valence-electron chi connectivity index (χ2n) is 4.93. The second-order valence-corrected chi connectivity index (χ2v) is 4.93. The number of cyclic esters (lactones) is 1. The summed E-state index contributed by atoms with van der Waals surface area (Å²) < 4.78 is 45.0. The average molecular weight is 296 g/mol. The number of alkyl carbamates (subject to hydrolysis) is 1. The van der Waals surface area contributed by atoms with E-state index >= 15 is 0 Å². The zero-order valence-electron chi connectivity index (χ0n) is 10.3. The van der Waals surface area contributed by atoms with Crippen LogP contribution in [0.2, 0.25) is 0 Å². The van der Waals surface area contributed by atoms with Crippen molar-refractivity contribution in [3.8, 4) is 0 Å². The topological polar surface area (TPSA) is 38.3 Å². The number of carbonyl (C=O) groups is 1. The standard InChI is InChI=1S/C12H12F3NO2.ClH/c1-12(2)5-18-11(17)16-10(12)9-7(14)3-6(13)4-8(9)15;/h3-4,10H,5H2,1-2H3,(H,16,17);1H/t10-;/m1./s1. The Bertz CT molecular complexity index is 485. The van der Waals surface area contributed by atoms with E-state index in [1.54, 1.807) is 13.8 Å². The van der Waals surface area contributed by atoms with E-state index in [0.29, 0.717) is 12.1 Å². The minimum absolute atomic E-state index is 0. The molecule has 3 nitrogen and oxygen atoms in total. The van der Waals surface area contributed by atoms with Crippen molar-refractivity contribution in [2.45, 2.75) is 19.9 Å². The molecule has 1 aromatic rings. The summed E-state index contributed by atoms with van der Waals surface area (Å²) in [4.78, 5) is 11.2. The molecular formula is C12H13ClF3NO2. The van der Waals surface area contributed by atoms with Crippen LogP contribution in [-0.4, -0.2) is 12.7 Å². The number of nitrogens with one attached hydrogen (secondary N) is 1. The minimum atomic E-state index is -1.02. The Balaban J connectivity index is 0.00000180. The van der Waals surface area contributed by atoms with Gasteiger partial charge < -0.3 is 10.1 Å². The summed E-state index contributed by atoms with van der Waals surface area (Å²) in [7, 11) is 0. The van der Waals surface area contributed by atoms with Gasteiger partial charge in [0.1, 0.15) is 24.1 Å². The highest BCUT2D eigenvalue weighted by molar-refractivity contribution is 5.85. The molecule has 1 N–H and O–H groups in total. The van der Waals surface area contributed by atoms with Crippen LogP contribution in [0.5, 0.6) is 0 Å². The third kappa shape index (κ3) is 2.94. The molecule has 1 aromatic carbocycles. The quantitative estimate of drug-likeness (QED) is 0.863. The van der Waals surface area contributed by atoms with Crippen molar-refractivity contribution in [2.24, 2.45) is 5.41 Å². The monoisotopic (exact) mass is 295 g/mol. The number of hydrogen-bond acceptors (Lipinski definition) is 2. The first-order valence-electron chi connectivity index (χ1n) is 5.39. The van der Waals surface area contributed by atoms with Crippen molar-refractivity contribution in [1.29, 1.82) is 0 Å². The number of carbonyl (C=O) groups excluding carboxylic acids is 1. The fraction of sp³-hybridized carbons (Fsp3) is 0.417. The van der Waals surface area contributed by atoms with E-state index in [2.05, 4.69) is 5.32 Å². The molecule has 1 amide bonds. The molecule has 1 aliphatic heterocycles. The van der Waals surface area contributed by atoms with E-state index in [-0.39, 0.29) is 24.6 Å². The van der Waals surface area contributed by atoms with Gasteiger partial charge in [0.2, 0.25) is 0 Å². The predicted molar refractivity (Wildman–Crippen MR) is 64.6 cm³/mol. The van der Waals surface area contributed by atoms with Crippen LogP contribution in [0.1, 0.15) is 25.5 Å². The minimum Gasteiger partial charge on any atom is -0.449 e. The molecule has 0 bridgehead atoms. The fourth-order valence-corrected chi connectivity index (χ4v) is 1.98. The Hall–Kier alpha value is -1.43. The van der Waals surface area contributed by atoms with Gasteiger partial charge in [-0.3, -0.25) is 0 Å². The lowest BCUT2D eigenvalue weighted by atomic mass is 9.80. The normalized spacial score (nSPS) is 21.1. The summed E-state index contributed by atoms with van der Waals surface area (Å²) in [6, 6.07) is 0.283. The van der Waals surface area contributed by atoms with Gasteiger partial charge in [-0.15, -0.1) is 12.4 Å². The van der Waals surface area contributed by atoms with Crippen molar-refractivity contribution in [3.05, 3.63) is 35.1 Å². The molecule has 0 saturated carbocycles. The van der Waals surface area contributed by atoms with Crippen LogP contribution in [0.3, 0.4) is 0 Å². The van der Waals surface area contributed by atoms with Gasteiger partial charge in [-0.2, -0.15) is 0 Å². The van der Waals surface area contributed by atoms with Crippen LogP contribution in [-0.2, 0) is 4.74 Å². The smallest absolute Gasteiger partial charge is 0.407 e. The molecule has 106 valence electrons.